The van der Waals surface area contributed by atoms with Gasteiger partial charge in [-0.1, -0.05) is 11.9 Å². The second kappa shape index (κ2) is 3.37. The summed E-state index contributed by atoms with van der Waals surface area (Å²) in [6.07, 6.45) is 1.98. The maximum atomic E-state index is 5.49. The Morgan fingerprint density at radius 2 is 1.90 bits per heavy atom. The molecule has 0 saturated heterocycles. The number of nitrogens with one attached hydrogen (secondary N) is 1. The Bertz CT molecular complexity index is 195. The van der Waals surface area contributed by atoms with Gasteiger partial charge in [0.15, 0.2) is 0 Å². The van der Waals surface area contributed by atoms with Crippen LogP contribution < -0.4 is 10.5 Å². The summed E-state index contributed by atoms with van der Waals surface area (Å²) < 4.78 is 3.10. The van der Waals surface area contributed by atoms with E-state index in [2.05, 4.69) is 4.72 Å². The zero-order valence-electron chi connectivity index (χ0n) is 5.79. The third kappa shape index (κ3) is 1.84. The van der Waals surface area contributed by atoms with E-state index in [0.717, 1.165) is 11.4 Å². The molecule has 54 valence electrons. The summed E-state index contributed by atoms with van der Waals surface area (Å²) in [7, 11) is 0. The van der Waals surface area contributed by atoms with Crippen LogP contribution in [-0.2, 0) is 0 Å². The van der Waals surface area contributed by atoms with E-state index in [1.807, 2.05) is 30.5 Å². The Hall–Kier alpha value is -0.830. The Kier molecular flexibility index (Phi) is 2.45. The smallest absolute Gasteiger partial charge is 0.0441 e. The minimum Gasteiger partial charge on any atom is -0.399 e. The number of hydrogen-bond acceptors (Lipinski definition) is 3. The van der Waals surface area contributed by atoms with Crippen LogP contribution in [0, 0.1) is 0 Å². The average molecular weight is 154 g/mol. The van der Waals surface area contributed by atoms with Gasteiger partial charge in [0.05, 0.1) is 0 Å². The number of hydrogen-bond donors (Lipinski definition) is 2. The maximum Gasteiger partial charge on any atom is 0.0441 e. The van der Waals surface area contributed by atoms with Crippen molar-refractivity contribution in [1.29, 1.82) is 0 Å². The molecule has 0 aliphatic rings. The number of benzene rings is 1. The third-order valence-corrected chi connectivity index (χ3v) is 1.57. The van der Waals surface area contributed by atoms with E-state index in [1.54, 1.807) is 11.9 Å². The predicted molar refractivity (Wildman–Crippen MR) is 48.0 cm³/mol. The fourth-order valence-corrected chi connectivity index (χ4v) is 1.04. The quantitative estimate of drug-likeness (QED) is 0.505. The fourth-order valence-electron chi connectivity index (χ4n) is 0.669. The summed E-state index contributed by atoms with van der Waals surface area (Å²) >= 11 is 1.57. The van der Waals surface area contributed by atoms with Crippen molar-refractivity contribution in [3.05, 3.63) is 24.3 Å². The first-order valence-electron chi connectivity index (χ1n) is 2.97. The largest absolute Gasteiger partial charge is 0.399 e. The van der Waals surface area contributed by atoms with Gasteiger partial charge < -0.3 is 10.5 Å². The van der Waals surface area contributed by atoms with Gasteiger partial charge >= 0.3 is 0 Å². The predicted octanol–water partition coefficient (Wildman–Crippen LogP) is 1.96. The molecule has 0 saturated carbocycles. The SMILES string of the molecule is CSNc1ccc(N)cc1. The van der Waals surface area contributed by atoms with E-state index in [4.69, 9.17) is 5.73 Å². The standard InChI is InChI=1S/C7H10N2S/c1-10-9-7-4-2-6(8)3-5-7/h2-5,9H,8H2,1H3. The summed E-state index contributed by atoms with van der Waals surface area (Å²) in [6.45, 7) is 0. The van der Waals surface area contributed by atoms with Crippen molar-refractivity contribution >= 4 is 23.3 Å². The van der Waals surface area contributed by atoms with Gasteiger partial charge in [-0.15, -0.1) is 0 Å². The van der Waals surface area contributed by atoms with Gasteiger partial charge in [0.1, 0.15) is 0 Å². The van der Waals surface area contributed by atoms with Gasteiger partial charge in [0.25, 0.3) is 0 Å². The molecule has 3 heteroatoms. The van der Waals surface area contributed by atoms with Crippen molar-refractivity contribution in [2.45, 2.75) is 0 Å². The van der Waals surface area contributed by atoms with Gasteiger partial charge in [-0.2, -0.15) is 0 Å². The molecule has 1 rings (SSSR count). The molecule has 0 unspecified atom stereocenters. The number of nitrogen functional groups attached to an aromatic ring is 1. The molecule has 0 fully saturated rings. The van der Waals surface area contributed by atoms with Crippen molar-refractivity contribution in [3.8, 4) is 0 Å². The summed E-state index contributed by atoms with van der Waals surface area (Å²) in [5, 5.41) is 0. The van der Waals surface area contributed by atoms with Crippen molar-refractivity contribution in [3.63, 3.8) is 0 Å². The zero-order chi connectivity index (χ0) is 7.40. The van der Waals surface area contributed by atoms with Crippen LogP contribution >= 0.6 is 11.9 Å². The van der Waals surface area contributed by atoms with Crippen molar-refractivity contribution in [2.75, 3.05) is 16.7 Å². The van der Waals surface area contributed by atoms with Crippen LogP contribution in [0.3, 0.4) is 0 Å². The average Bonchev–Trinajstić information content (AvgIpc) is 1.95. The molecule has 1 aromatic carbocycles. The second-order valence-electron chi connectivity index (χ2n) is 1.93. The Labute approximate surface area is 64.9 Å². The fraction of sp³-hybridized carbons (Fsp3) is 0.143. The molecule has 1 aromatic rings. The van der Waals surface area contributed by atoms with E-state index in [9.17, 15) is 0 Å². The van der Waals surface area contributed by atoms with Gasteiger partial charge in [-0.05, 0) is 24.3 Å². The monoisotopic (exact) mass is 154 g/mol. The highest BCUT2D eigenvalue weighted by molar-refractivity contribution is 7.99. The molecule has 0 aliphatic carbocycles. The Morgan fingerprint density at radius 1 is 1.30 bits per heavy atom. The van der Waals surface area contributed by atoms with Crippen molar-refractivity contribution < 1.29 is 0 Å². The molecule has 3 N–H and O–H groups in total. The van der Waals surface area contributed by atoms with Gasteiger partial charge in [0.2, 0.25) is 0 Å². The van der Waals surface area contributed by atoms with E-state index in [0.29, 0.717) is 0 Å². The maximum absolute atomic E-state index is 5.49. The molecule has 2 nitrogen and oxygen atoms in total. The normalized spacial score (nSPS) is 9.30. The van der Waals surface area contributed by atoms with Crippen molar-refractivity contribution in [1.82, 2.24) is 0 Å². The van der Waals surface area contributed by atoms with Crippen LogP contribution in [-0.4, -0.2) is 6.26 Å². The first-order chi connectivity index (χ1) is 4.83. The van der Waals surface area contributed by atoms with Crippen molar-refractivity contribution in [2.24, 2.45) is 0 Å². The lowest BCUT2D eigenvalue weighted by atomic mass is 10.3. The molecule has 0 heterocycles. The van der Waals surface area contributed by atoms with Gasteiger partial charge in [-0.25, -0.2) is 0 Å². The van der Waals surface area contributed by atoms with Crippen LogP contribution in [0.1, 0.15) is 0 Å². The molecule has 0 aliphatic heterocycles. The molecule has 0 spiro atoms. The highest BCUT2D eigenvalue weighted by atomic mass is 32.2. The lowest BCUT2D eigenvalue weighted by Crippen LogP contribution is -1.86. The summed E-state index contributed by atoms with van der Waals surface area (Å²) in [4.78, 5) is 0. The van der Waals surface area contributed by atoms with E-state index in [1.165, 1.54) is 0 Å². The van der Waals surface area contributed by atoms with Crippen LogP contribution in [0.25, 0.3) is 0 Å². The Morgan fingerprint density at radius 3 is 2.40 bits per heavy atom. The summed E-state index contributed by atoms with van der Waals surface area (Å²) in [6, 6.07) is 7.65. The minimum absolute atomic E-state index is 0.798. The van der Waals surface area contributed by atoms with E-state index >= 15 is 0 Å². The lowest BCUT2D eigenvalue weighted by molar-refractivity contribution is 1.66. The summed E-state index contributed by atoms with van der Waals surface area (Å²) in [5.41, 5.74) is 7.37. The number of anilines is 2. The molecule has 0 amide bonds. The lowest BCUT2D eigenvalue weighted by Gasteiger charge is -2.00. The van der Waals surface area contributed by atoms with Gasteiger partial charge in [-0.3, -0.25) is 0 Å². The zero-order valence-corrected chi connectivity index (χ0v) is 6.61. The highest BCUT2D eigenvalue weighted by Crippen LogP contribution is 2.12. The number of rotatable bonds is 2. The molecule has 0 aromatic heterocycles. The van der Waals surface area contributed by atoms with Crippen LogP contribution in [0.5, 0.6) is 0 Å². The second-order valence-corrected chi connectivity index (χ2v) is 2.54. The van der Waals surface area contributed by atoms with Crippen LogP contribution in [0.4, 0.5) is 11.4 Å². The molecular weight excluding hydrogens is 144 g/mol. The van der Waals surface area contributed by atoms with Crippen LogP contribution in [0.15, 0.2) is 24.3 Å². The summed E-state index contributed by atoms with van der Waals surface area (Å²) in [5.74, 6) is 0. The first kappa shape index (κ1) is 7.28. The van der Waals surface area contributed by atoms with E-state index in [-0.39, 0.29) is 0 Å². The van der Waals surface area contributed by atoms with E-state index < -0.39 is 0 Å². The highest BCUT2D eigenvalue weighted by Gasteiger charge is 1.86. The first-order valence-corrected chi connectivity index (χ1v) is 4.20. The molecule has 10 heavy (non-hydrogen) atoms. The molecular formula is C7H10N2S. The minimum atomic E-state index is 0.798. The topological polar surface area (TPSA) is 38.0 Å². The third-order valence-electron chi connectivity index (χ3n) is 1.13. The molecule has 0 bridgehead atoms. The van der Waals surface area contributed by atoms with Gasteiger partial charge in [0, 0.05) is 17.6 Å². The Balaban J connectivity index is 2.69. The van der Waals surface area contributed by atoms with Crippen LogP contribution in [0.2, 0.25) is 0 Å². The number of nitrogens with two attached hydrogens (primary N) is 1. The molecule has 0 radical (unpaired) electrons. The molecule has 0 atom stereocenters.